The van der Waals surface area contributed by atoms with Crippen LogP contribution < -0.4 is 47.4 Å². The zero-order valence-electron chi connectivity index (χ0n) is 33.3. The SMILES string of the molecule is COc1cc2c(c(OC)c1OC)-c1cc3c(cc1C(OC1c4cc5c(cc4-c4c(cc(OC)c(OC)c4OC)CC4C(=O)OCC41)OCO5)C1COC(=O)C1C2)OCO3. The van der Waals surface area contributed by atoms with Gasteiger partial charge >= 0.3 is 11.9 Å². The van der Waals surface area contributed by atoms with Crippen LogP contribution in [0, 0.1) is 23.7 Å². The minimum absolute atomic E-state index is 0.0230. The van der Waals surface area contributed by atoms with Gasteiger partial charge in [0.2, 0.25) is 25.1 Å². The summed E-state index contributed by atoms with van der Waals surface area (Å²) in [5.41, 5.74) is 5.79. The van der Waals surface area contributed by atoms with E-state index in [-0.39, 0.29) is 51.6 Å². The van der Waals surface area contributed by atoms with Crippen molar-refractivity contribution in [2.24, 2.45) is 23.7 Å². The highest BCUT2D eigenvalue weighted by molar-refractivity contribution is 5.87. The van der Waals surface area contributed by atoms with Gasteiger partial charge in [0.1, 0.15) is 0 Å². The first kappa shape index (κ1) is 37.1. The second kappa shape index (κ2) is 14.3. The third-order valence-electron chi connectivity index (χ3n) is 12.5. The molecular formula is C44H42O15. The molecule has 59 heavy (non-hydrogen) atoms. The molecule has 15 nitrogen and oxygen atoms in total. The third-order valence-corrected chi connectivity index (χ3v) is 12.5. The van der Waals surface area contributed by atoms with Gasteiger partial charge in [-0.15, -0.1) is 0 Å². The zero-order chi connectivity index (χ0) is 40.7. The van der Waals surface area contributed by atoms with Gasteiger partial charge in [0.05, 0.1) is 79.9 Å². The predicted molar refractivity (Wildman–Crippen MR) is 205 cm³/mol. The molecule has 6 aliphatic rings. The molecule has 308 valence electrons. The predicted octanol–water partition coefficient (Wildman–Crippen LogP) is 6.02. The highest BCUT2D eigenvalue weighted by Crippen LogP contribution is 2.59. The van der Waals surface area contributed by atoms with Gasteiger partial charge in [-0.25, -0.2) is 0 Å². The monoisotopic (exact) mass is 810 g/mol. The van der Waals surface area contributed by atoms with E-state index in [0.29, 0.717) is 79.7 Å². The molecule has 6 atom stereocenters. The summed E-state index contributed by atoms with van der Waals surface area (Å²) >= 11 is 0. The van der Waals surface area contributed by atoms with Gasteiger partial charge in [0.15, 0.2) is 46.0 Å². The summed E-state index contributed by atoms with van der Waals surface area (Å²) in [4.78, 5) is 27.8. The first-order valence-corrected chi connectivity index (χ1v) is 19.3. The number of rotatable bonds is 8. The fraction of sp³-hybridized carbons (Fsp3) is 0.409. The highest BCUT2D eigenvalue weighted by atomic mass is 16.7. The van der Waals surface area contributed by atoms with E-state index >= 15 is 0 Å². The maximum Gasteiger partial charge on any atom is 0.309 e. The van der Waals surface area contributed by atoms with Crippen LogP contribution in [-0.2, 0) is 36.6 Å². The Hall–Kier alpha value is -6.22. The lowest BCUT2D eigenvalue weighted by Crippen LogP contribution is -2.34. The number of esters is 2. The van der Waals surface area contributed by atoms with Crippen molar-refractivity contribution in [1.29, 1.82) is 0 Å². The fourth-order valence-corrected chi connectivity index (χ4v) is 9.81. The van der Waals surface area contributed by atoms with E-state index in [9.17, 15) is 9.59 Å². The van der Waals surface area contributed by atoms with Crippen LogP contribution in [0.4, 0.5) is 0 Å². The van der Waals surface area contributed by atoms with Crippen molar-refractivity contribution < 1.29 is 71.2 Å². The lowest BCUT2D eigenvalue weighted by molar-refractivity contribution is -0.142. The van der Waals surface area contributed by atoms with Crippen LogP contribution in [0.5, 0.6) is 57.5 Å². The molecule has 6 unspecified atom stereocenters. The van der Waals surface area contributed by atoms with E-state index in [1.165, 1.54) is 0 Å². The van der Waals surface area contributed by atoms with Crippen molar-refractivity contribution in [2.45, 2.75) is 25.0 Å². The van der Waals surface area contributed by atoms with E-state index in [1.54, 1.807) is 42.7 Å². The average molecular weight is 811 g/mol. The van der Waals surface area contributed by atoms with Crippen molar-refractivity contribution in [3.05, 3.63) is 58.7 Å². The van der Waals surface area contributed by atoms with Crippen LogP contribution in [0.3, 0.4) is 0 Å². The lowest BCUT2D eigenvalue weighted by atomic mass is 9.74. The van der Waals surface area contributed by atoms with E-state index in [2.05, 4.69) is 0 Å². The Labute approximate surface area is 339 Å². The molecule has 2 fully saturated rings. The number of carbonyl (C=O) groups is 2. The first-order valence-electron chi connectivity index (χ1n) is 19.3. The van der Waals surface area contributed by atoms with Gasteiger partial charge < -0.3 is 61.6 Å². The molecule has 15 heteroatoms. The quantitative estimate of drug-likeness (QED) is 0.191. The highest BCUT2D eigenvalue weighted by Gasteiger charge is 2.51. The lowest BCUT2D eigenvalue weighted by Gasteiger charge is -2.38. The maximum atomic E-state index is 13.9. The van der Waals surface area contributed by atoms with Crippen LogP contribution in [-0.4, -0.2) is 81.4 Å². The topological polar surface area (TPSA) is 154 Å². The van der Waals surface area contributed by atoms with Gasteiger partial charge in [-0.05, 0) is 82.6 Å². The van der Waals surface area contributed by atoms with Crippen molar-refractivity contribution >= 4 is 11.9 Å². The van der Waals surface area contributed by atoms with Crippen molar-refractivity contribution in [3.8, 4) is 79.7 Å². The summed E-state index contributed by atoms with van der Waals surface area (Å²) in [5.74, 6) is 1.64. The number of carbonyl (C=O) groups excluding carboxylic acids is 2. The van der Waals surface area contributed by atoms with Crippen LogP contribution >= 0.6 is 0 Å². The summed E-state index contributed by atoms with van der Waals surface area (Å²) in [5, 5.41) is 0. The molecule has 0 amide bonds. The van der Waals surface area contributed by atoms with Gasteiger partial charge in [-0.1, -0.05) is 0 Å². The summed E-state index contributed by atoms with van der Waals surface area (Å²) in [6.45, 7) is 0.212. The molecule has 0 spiro atoms. The second-order valence-electron chi connectivity index (χ2n) is 15.1. The Bertz CT molecular complexity index is 2240. The van der Waals surface area contributed by atoms with E-state index in [4.69, 9.17) is 61.6 Å². The third kappa shape index (κ3) is 5.57. The summed E-state index contributed by atoms with van der Waals surface area (Å²) < 4.78 is 78.8. The van der Waals surface area contributed by atoms with Gasteiger partial charge in [0.25, 0.3) is 0 Å². The molecule has 0 saturated carbocycles. The normalized spacial score (nSPS) is 24.0. The first-order chi connectivity index (χ1) is 28.8. The number of cyclic esters (lactones) is 2. The van der Waals surface area contributed by atoms with Crippen molar-refractivity contribution in [1.82, 2.24) is 0 Å². The molecule has 4 heterocycles. The summed E-state index contributed by atoms with van der Waals surface area (Å²) in [6.07, 6.45) is -1.06. The molecule has 4 aromatic carbocycles. The number of fused-ring (bicyclic) bond motifs is 10. The van der Waals surface area contributed by atoms with Gasteiger partial charge in [-0.3, -0.25) is 9.59 Å². The Balaban J connectivity index is 1.24. The molecule has 4 aliphatic heterocycles. The number of methoxy groups -OCH3 is 6. The standard InChI is InChI=1S/C44H42O15/c1-47-33-9-19-7-25-27(15-53-43(25)45)37(23-13-31-29(55-17-57-31)11-21(23)35(19)41(51-5)39(33)49-3)59-38-24-14-32-30(56-18-58-32)12-22(24)36-20(8-26-28(38)16-54-44(26)46)10-34(48-2)40(50-4)42(36)52-6/h9-14,25-28,37-38H,7-8,15-18H2,1-6H3. The molecule has 0 aromatic heterocycles. The molecular weight excluding hydrogens is 768 g/mol. The zero-order valence-corrected chi connectivity index (χ0v) is 33.3. The van der Waals surface area contributed by atoms with E-state index in [1.807, 2.05) is 36.4 Å². The molecule has 0 N–H and O–H groups in total. The molecule has 4 aromatic rings. The van der Waals surface area contributed by atoms with Gasteiger partial charge in [0, 0.05) is 23.0 Å². The summed E-state index contributed by atoms with van der Waals surface area (Å²) in [7, 11) is 9.33. The Kier molecular flexibility index (Phi) is 8.96. The van der Waals surface area contributed by atoms with Gasteiger partial charge in [-0.2, -0.15) is 0 Å². The molecule has 10 rings (SSSR count). The second-order valence-corrected chi connectivity index (χ2v) is 15.1. The van der Waals surface area contributed by atoms with E-state index in [0.717, 1.165) is 22.3 Å². The molecule has 0 bridgehead atoms. The minimum Gasteiger partial charge on any atom is -0.493 e. The number of benzene rings is 4. The van der Waals surface area contributed by atoms with Crippen LogP contribution in [0.25, 0.3) is 22.3 Å². The summed E-state index contributed by atoms with van der Waals surface area (Å²) in [6, 6.07) is 11.4. The fourth-order valence-electron chi connectivity index (χ4n) is 9.81. The maximum absolute atomic E-state index is 13.9. The molecule has 0 radical (unpaired) electrons. The smallest absolute Gasteiger partial charge is 0.309 e. The van der Waals surface area contributed by atoms with E-state index < -0.39 is 35.9 Å². The number of hydrogen-bond acceptors (Lipinski definition) is 15. The molecule has 2 saturated heterocycles. The van der Waals surface area contributed by atoms with Crippen LogP contribution in [0.2, 0.25) is 0 Å². The van der Waals surface area contributed by atoms with Crippen LogP contribution in [0.15, 0.2) is 36.4 Å². The number of hydrogen-bond donors (Lipinski definition) is 0. The Morgan fingerprint density at radius 1 is 0.475 bits per heavy atom. The number of ether oxygens (including phenoxy) is 13. The Morgan fingerprint density at radius 3 is 1.24 bits per heavy atom. The van der Waals surface area contributed by atoms with Crippen molar-refractivity contribution in [3.63, 3.8) is 0 Å². The largest absolute Gasteiger partial charge is 0.493 e. The average Bonchev–Trinajstić information content (AvgIpc) is 4.06. The molecule has 2 aliphatic carbocycles. The Morgan fingerprint density at radius 2 is 0.864 bits per heavy atom. The van der Waals surface area contributed by atoms with Crippen LogP contribution in [0.1, 0.15) is 34.5 Å². The minimum atomic E-state index is -0.812. The van der Waals surface area contributed by atoms with Crippen molar-refractivity contribution in [2.75, 3.05) is 69.5 Å².